The van der Waals surface area contributed by atoms with Crippen molar-refractivity contribution in [3.05, 3.63) is 72.7 Å². The molecular formula is C27H25FN8O3. The lowest BCUT2D eigenvalue weighted by Crippen LogP contribution is -2.45. The highest BCUT2D eigenvalue weighted by atomic mass is 19.1. The second kappa shape index (κ2) is 11.3. The first-order chi connectivity index (χ1) is 18.9. The third kappa shape index (κ3) is 5.90. The van der Waals surface area contributed by atoms with Gasteiger partial charge in [0.05, 0.1) is 48.2 Å². The average Bonchev–Trinajstić information content (AvgIpc) is 3.40. The predicted molar refractivity (Wildman–Crippen MR) is 139 cm³/mol. The third-order valence-electron chi connectivity index (χ3n) is 6.09. The lowest BCUT2D eigenvalue weighted by molar-refractivity contribution is -0.229. The van der Waals surface area contributed by atoms with Crippen LogP contribution in [-0.4, -0.2) is 50.6 Å². The lowest BCUT2D eigenvalue weighted by atomic mass is 9.91. The summed E-state index contributed by atoms with van der Waals surface area (Å²) in [4.78, 5) is 33.6. The zero-order valence-corrected chi connectivity index (χ0v) is 21.0. The summed E-state index contributed by atoms with van der Waals surface area (Å²) in [5.74, 6) is 0.116. The van der Waals surface area contributed by atoms with Crippen molar-refractivity contribution >= 4 is 17.5 Å². The number of pyridine rings is 1. The molecule has 1 aliphatic rings. The van der Waals surface area contributed by atoms with Gasteiger partial charge in [-0.2, -0.15) is 5.26 Å². The molecule has 1 aromatic carbocycles. The van der Waals surface area contributed by atoms with Crippen molar-refractivity contribution in [2.45, 2.75) is 19.6 Å². The molecule has 0 atom stereocenters. The number of aromatic amines is 1. The summed E-state index contributed by atoms with van der Waals surface area (Å²) in [6.07, 6.45) is 4.22. The predicted octanol–water partition coefficient (Wildman–Crippen LogP) is 4.08. The van der Waals surface area contributed by atoms with E-state index in [4.69, 9.17) is 19.7 Å². The summed E-state index contributed by atoms with van der Waals surface area (Å²) >= 11 is 0. The molecule has 0 aliphatic carbocycles. The molecule has 3 aromatic heterocycles. The van der Waals surface area contributed by atoms with Crippen molar-refractivity contribution in [2.24, 2.45) is 5.41 Å². The molecule has 1 aliphatic heterocycles. The molecule has 5 rings (SSSR count). The van der Waals surface area contributed by atoms with Gasteiger partial charge in [0, 0.05) is 36.4 Å². The van der Waals surface area contributed by atoms with Crippen LogP contribution in [0.1, 0.15) is 25.5 Å². The van der Waals surface area contributed by atoms with Gasteiger partial charge in [0.25, 0.3) is 0 Å². The minimum atomic E-state index is -0.925. The molecule has 39 heavy (non-hydrogen) atoms. The van der Waals surface area contributed by atoms with Crippen molar-refractivity contribution in [1.29, 1.82) is 5.26 Å². The number of hydrogen-bond acceptors (Lipinski definition) is 9. The number of H-pyrrole nitrogens is 1. The quantitative estimate of drug-likeness (QED) is 0.287. The maximum absolute atomic E-state index is 13.6. The molecular weight excluding hydrogens is 503 g/mol. The molecule has 198 valence electrons. The van der Waals surface area contributed by atoms with E-state index in [1.807, 2.05) is 0 Å². The van der Waals surface area contributed by atoms with Crippen LogP contribution in [0.4, 0.5) is 16.0 Å². The van der Waals surface area contributed by atoms with Gasteiger partial charge in [0.2, 0.25) is 18.1 Å². The summed E-state index contributed by atoms with van der Waals surface area (Å²) in [6, 6.07) is 13.1. The number of carbonyl (C=O) groups excluding carboxylic acids is 1. The number of carbonyl (C=O) groups is 1. The van der Waals surface area contributed by atoms with Crippen LogP contribution in [0.15, 0.2) is 61.1 Å². The van der Waals surface area contributed by atoms with Gasteiger partial charge in [-0.3, -0.25) is 9.78 Å². The summed E-state index contributed by atoms with van der Waals surface area (Å²) in [7, 11) is 0. The number of nitrogens with zero attached hydrogens (tertiary/aromatic N) is 5. The van der Waals surface area contributed by atoms with E-state index in [0.29, 0.717) is 53.1 Å². The van der Waals surface area contributed by atoms with E-state index >= 15 is 0 Å². The Hall–Kier alpha value is -4.73. The minimum Gasteiger partial charge on any atom is -0.353 e. The number of nitrogens with one attached hydrogen (secondary N) is 3. The van der Waals surface area contributed by atoms with Crippen LogP contribution >= 0.6 is 0 Å². The van der Waals surface area contributed by atoms with E-state index in [0.717, 1.165) is 0 Å². The smallest absolute Gasteiger partial charge is 0.235 e. The van der Waals surface area contributed by atoms with Gasteiger partial charge in [-0.1, -0.05) is 0 Å². The summed E-state index contributed by atoms with van der Waals surface area (Å²) < 4.78 is 25.6. The van der Waals surface area contributed by atoms with Crippen LogP contribution in [0, 0.1) is 22.6 Å². The van der Waals surface area contributed by atoms with Gasteiger partial charge < -0.3 is 25.1 Å². The molecule has 1 saturated heterocycles. The zero-order chi connectivity index (χ0) is 27.2. The molecule has 0 unspecified atom stereocenters. The highest BCUT2D eigenvalue weighted by Crippen LogP contribution is 2.36. The van der Waals surface area contributed by atoms with Crippen molar-refractivity contribution in [3.8, 4) is 28.7 Å². The number of aromatic nitrogens is 5. The molecule has 1 fully saturated rings. The number of hydrogen-bond donors (Lipinski definition) is 3. The summed E-state index contributed by atoms with van der Waals surface area (Å²) in [5, 5.41) is 14.7. The topological polar surface area (TPSA) is 151 Å². The molecule has 0 radical (unpaired) electrons. The van der Waals surface area contributed by atoms with Gasteiger partial charge in [-0.25, -0.2) is 19.3 Å². The van der Waals surface area contributed by atoms with Crippen LogP contribution in [0.2, 0.25) is 0 Å². The standard InChI is InChI=1S/C27H25FN8O3/c1-27(25(37)33-19-7-12-30-13-8-19)15-38-24(39-16-27)23-35-21(17-3-5-18(28)6-4-17)22(36-23)20-9-14-32-26(34-20)31-11-2-10-29/h3-9,12-14,24H,2,11,15-16H2,1H3,(H,35,36)(H,30,33,37)(H,31,32,34). The monoisotopic (exact) mass is 528 g/mol. The molecule has 12 heteroatoms. The van der Waals surface area contributed by atoms with E-state index in [1.165, 1.54) is 12.1 Å². The fourth-order valence-corrected chi connectivity index (χ4v) is 3.93. The lowest BCUT2D eigenvalue weighted by Gasteiger charge is -2.35. The van der Waals surface area contributed by atoms with Gasteiger partial charge in [0.15, 0.2) is 5.82 Å². The Bertz CT molecular complexity index is 1480. The third-order valence-corrected chi connectivity index (χ3v) is 6.09. The number of rotatable bonds is 8. The van der Waals surface area contributed by atoms with Crippen LogP contribution < -0.4 is 10.6 Å². The zero-order valence-electron chi connectivity index (χ0n) is 21.0. The van der Waals surface area contributed by atoms with E-state index in [2.05, 4.69) is 36.6 Å². The Morgan fingerprint density at radius 3 is 2.59 bits per heavy atom. The first kappa shape index (κ1) is 25.9. The number of nitriles is 1. The van der Waals surface area contributed by atoms with Crippen molar-refractivity contribution in [1.82, 2.24) is 24.9 Å². The fourth-order valence-electron chi connectivity index (χ4n) is 3.93. The van der Waals surface area contributed by atoms with Gasteiger partial charge in [-0.05, 0) is 49.4 Å². The molecule has 0 bridgehead atoms. The van der Waals surface area contributed by atoms with Crippen molar-refractivity contribution in [2.75, 3.05) is 30.4 Å². The number of imidazole rings is 1. The highest BCUT2D eigenvalue weighted by Gasteiger charge is 2.41. The Balaban J connectivity index is 1.39. The maximum Gasteiger partial charge on any atom is 0.235 e. The Morgan fingerprint density at radius 2 is 1.87 bits per heavy atom. The average molecular weight is 529 g/mol. The van der Waals surface area contributed by atoms with Gasteiger partial charge in [-0.15, -0.1) is 0 Å². The van der Waals surface area contributed by atoms with Crippen LogP contribution in [0.5, 0.6) is 0 Å². The highest BCUT2D eigenvalue weighted by molar-refractivity contribution is 5.95. The van der Waals surface area contributed by atoms with E-state index in [-0.39, 0.29) is 24.9 Å². The van der Waals surface area contributed by atoms with Crippen LogP contribution in [-0.2, 0) is 14.3 Å². The van der Waals surface area contributed by atoms with Gasteiger partial charge in [0.1, 0.15) is 5.82 Å². The SMILES string of the molecule is CC1(C(=O)Nc2ccncc2)COC(c2nc(-c3ccc(F)cc3)c(-c3ccnc(NCCC#N)n3)[nH]2)OC1. The largest absolute Gasteiger partial charge is 0.353 e. The molecule has 4 heterocycles. The molecule has 3 N–H and O–H groups in total. The molecule has 4 aromatic rings. The molecule has 11 nitrogen and oxygen atoms in total. The van der Waals surface area contributed by atoms with Crippen molar-refractivity contribution < 1.29 is 18.7 Å². The van der Waals surface area contributed by atoms with E-state index < -0.39 is 11.7 Å². The normalized spacial score (nSPS) is 18.7. The number of halogens is 1. The second-order valence-electron chi connectivity index (χ2n) is 9.16. The first-order valence-electron chi connectivity index (χ1n) is 12.2. The molecule has 1 amide bonds. The second-order valence-corrected chi connectivity index (χ2v) is 9.16. The van der Waals surface area contributed by atoms with E-state index in [1.54, 1.807) is 55.8 Å². The number of benzene rings is 1. The maximum atomic E-state index is 13.6. The molecule has 0 spiro atoms. The number of amides is 1. The van der Waals surface area contributed by atoms with Crippen LogP contribution in [0.25, 0.3) is 22.6 Å². The Morgan fingerprint density at radius 1 is 1.13 bits per heavy atom. The fraction of sp³-hybridized carbons (Fsp3) is 0.259. The van der Waals surface area contributed by atoms with Crippen molar-refractivity contribution in [3.63, 3.8) is 0 Å². The van der Waals surface area contributed by atoms with Crippen LogP contribution in [0.3, 0.4) is 0 Å². The molecule has 0 saturated carbocycles. The minimum absolute atomic E-state index is 0.0942. The number of ether oxygens (including phenoxy) is 2. The first-order valence-corrected chi connectivity index (χ1v) is 12.2. The van der Waals surface area contributed by atoms with Gasteiger partial charge >= 0.3 is 0 Å². The van der Waals surface area contributed by atoms with E-state index in [9.17, 15) is 9.18 Å². The summed E-state index contributed by atoms with van der Waals surface area (Å²) in [6.45, 7) is 2.35. The number of anilines is 2. The Labute approximate surface area is 223 Å². The Kier molecular flexibility index (Phi) is 7.53. The summed E-state index contributed by atoms with van der Waals surface area (Å²) in [5.41, 5.74) is 1.96.